The van der Waals surface area contributed by atoms with Gasteiger partial charge in [-0.15, -0.1) is 0 Å². The average Bonchev–Trinajstić information content (AvgIpc) is 2.83. The van der Waals surface area contributed by atoms with Crippen molar-refractivity contribution in [3.8, 4) is 11.3 Å². The Morgan fingerprint density at radius 2 is 2.00 bits per heavy atom. The molecule has 1 aromatic carbocycles. The van der Waals surface area contributed by atoms with E-state index in [1.807, 2.05) is 0 Å². The van der Waals surface area contributed by atoms with Gasteiger partial charge in [0, 0.05) is 24.2 Å². The van der Waals surface area contributed by atoms with Crippen LogP contribution in [0.5, 0.6) is 0 Å². The summed E-state index contributed by atoms with van der Waals surface area (Å²) in [4.78, 5) is 8.08. The summed E-state index contributed by atoms with van der Waals surface area (Å²) < 4.78 is 39.7. The standard InChI is InChI=1S/C13H7ClF3N3/c14-11-12-19-10(7-20(12)5-4-18-11)8-2-1-3-9(6-8)13(15,16)17/h1-7H. The van der Waals surface area contributed by atoms with E-state index < -0.39 is 11.7 Å². The van der Waals surface area contributed by atoms with Crippen LogP contribution >= 0.6 is 11.6 Å². The van der Waals surface area contributed by atoms with Crippen LogP contribution in [0.3, 0.4) is 0 Å². The number of nitrogens with zero attached hydrogens (tertiary/aromatic N) is 3. The molecule has 102 valence electrons. The van der Waals surface area contributed by atoms with Gasteiger partial charge in [0.25, 0.3) is 0 Å². The molecule has 2 heterocycles. The minimum atomic E-state index is -4.38. The molecule has 7 heteroatoms. The predicted molar refractivity (Wildman–Crippen MR) is 68.4 cm³/mol. The van der Waals surface area contributed by atoms with E-state index in [1.54, 1.807) is 22.9 Å². The first-order valence-electron chi connectivity index (χ1n) is 5.62. The SMILES string of the molecule is FC(F)(F)c1cccc(-c2cn3ccnc(Cl)c3n2)c1. The summed E-state index contributed by atoms with van der Waals surface area (Å²) in [5, 5.41) is 0.200. The molecule has 0 radical (unpaired) electrons. The Labute approximate surface area is 116 Å². The van der Waals surface area contributed by atoms with E-state index in [0.29, 0.717) is 16.9 Å². The maximum atomic E-state index is 12.7. The second-order valence-electron chi connectivity index (χ2n) is 4.15. The summed E-state index contributed by atoms with van der Waals surface area (Å²) in [6.45, 7) is 0. The van der Waals surface area contributed by atoms with Crippen LogP contribution in [-0.4, -0.2) is 14.4 Å². The molecule has 0 saturated carbocycles. The third-order valence-corrected chi connectivity index (χ3v) is 3.08. The summed E-state index contributed by atoms with van der Waals surface area (Å²) >= 11 is 5.89. The zero-order chi connectivity index (χ0) is 14.3. The molecule has 0 saturated heterocycles. The fourth-order valence-electron chi connectivity index (χ4n) is 1.88. The van der Waals surface area contributed by atoms with E-state index in [1.165, 1.54) is 12.3 Å². The molecule has 0 spiro atoms. The number of alkyl halides is 3. The molecule has 20 heavy (non-hydrogen) atoms. The molecule has 0 atom stereocenters. The van der Waals surface area contributed by atoms with Gasteiger partial charge in [-0.1, -0.05) is 23.7 Å². The second-order valence-corrected chi connectivity index (χ2v) is 4.51. The van der Waals surface area contributed by atoms with Crippen LogP contribution in [0, 0.1) is 0 Å². The highest BCUT2D eigenvalue weighted by molar-refractivity contribution is 6.32. The molecule has 3 nitrogen and oxygen atoms in total. The quantitative estimate of drug-likeness (QED) is 0.678. The fraction of sp³-hybridized carbons (Fsp3) is 0.0769. The van der Waals surface area contributed by atoms with Gasteiger partial charge in [-0.2, -0.15) is 13.2 Å². The largest absolute Gasteiger partial charge is 0.416 e. The average molecular weight is 298 g/mol. The van der Waals surface area contributed by atoms with Crippen molar-refractivity contribution in [2.24, 2.45) is 0 Å². The molecular weight excluding hydrogens is 291 g/mol. The highest BCUT2D eigenvalue weighted by Crippen LogP contribution is 2.32. The van der Waals surface area contributed by atoms with E-state index in [-0.39, 0.29) is 5.15 Å². The first kappa shape index (κ1) is 12.9. The monoisotopic (exact) mass is 297 g/mol. The molecular formula is C13H7ClF3N3. The summed E-state index contributed by atoms with van der Waals surface area (Å²) in [7, 11) is 0. The van der Waals surface area contributed by atoms with Gasteiger partial charge >= 0.3 is 6.18 Å². The van der Waals surface area contributed by atoms with E-state index in [4.69, 9.17) is 11.6 Å². The van der Waals surface area contributed by atoms with E-state index in [2.05, 4.69) is 9.97 Å². The highest BCUT2D eigenvalue weighted by Gasteiger charge is 2.30. The molecule has 0 fully saturated rings. The van der Waals surface area contributed by atoms with E-state index in [0.717, 1.165) is 12.1 Å². The molecule has 3 aromatic rings. The Bertz CT molecular complexity index is 780. The van der Waals surface area contributed by atoms with Crippen molar-refractivity contribution in [1.29, 1.82) is 0 Å². The summed E-state index contributed by atoms with van der Waals surface area (Å²) in [5.41, 5.74) is 0.475. The van der Waals surface area contributed by atoms with Gasteiger partial charge in [0.05, 0.1) is 11.3 Å². The summed E-state index contributed by atoms with van der Waals surface area (Å²) in [6, 6.07) is 5.00. The Kier molecular flexibility index (Phi) is 2.90. The molecule has 0 aliphatic carbocycles. The van der Waals surface area contributed by atoms with Crippen molar-refractivity contribution in [2.75, 3.05) is 0 Å². The van der Waals surface area contributed by atoms with Crippen LogP contribution in [-0.2, 0) is 6.18 Å². The molecule has 3 rings (SSSR count). The Morgan fingerprint density at radius 1 is 1.20 bits per heavy atom. The third-order valence-electron chi connectivity index (χ3n) is 2.82. The maximum absolute atomic E-state index is 12.7. The minimum Gasteiger partial charge on any atom is -0.302 e. The summed E-state index contributed by atoms with van der Waals surface area (Å²) in [5.74, 6) is 0. The van der Waals surface area contributed by atoms with Crippen molar-refractivity contribution < 1.29 is 13.2 Å². The lowest BCUT2D eigenvalue weighted by Crippen LogP contribution is -2.04. The lowest BCUT2D eigenvalue weighted by molar-refractivity contribution is -0.137. The Balaban J connectivity index is 2.14. The molecule has 0 aliphatic heterocycles. The van der Waals surface area contributed by atoms with Crippen LogP contribution in [0.1, 0.15) is 5.56 Å². The van der Waals surface area contributed by atoms with Gasteiger partial charge in [0.1, 0.15) is 0 Å². The number of benzene rings is 1. The number of fused-ring (bicyclic) bond motifs is 1. The van der Waals surface area contributed by atoms with Gasteiger partial charge in [0.2, 0.25) is 0 Å². The van der Waals surface area contributed by atoms with Gasteiger partial charge in [-0.25, -0.2) is 9.97 Å². The van der Waals surface area contributed by atoms with Crippen molar-refractivity contribution >= 4 is 17.2 Å². The van der Waals surface area contributed by atoms with Crippen LogP contribution < -0.4 is 0 Å². The maximum Gasteiger partial charge on any atom is 0.416 e. The highest BCUT2D eigenvalue weighted by atomic mass is 35.5. The fourth-order valence-corrected chi connectivity index (χ4v) is 2.08. The van der Waals surface area contributed by atoms with Crippen LogP contribution in [0.25, 0.3) is 16.9 Å². The van der Waals surface area contributed by atoms with Crippen LogP contribution in [0.2, 0.25) is 5.15 Å². The predicted octanol–water partition coefficient (Wildman–Crippen LogP) is 4.07. The van der Waals surface area contributed by atoms with Crippen molar-refractivity contribution in [3.63, 3.8) is 0 Å². The number of rotatable bonds is 1. The number of hydrogen-bond acceptors (Lipinski definition) is 2. The van der Waals surface area contributed by atoms with Gasteiger partial charge in [-0.05, 0) is 12.1 Å². The molecule has 0 unspecified atom stereocenters. The van der Waals surface area contributed by atoms with Crippen molar-refractivity contribution in [2.45, 2.75) is 6.18 Å². The molecule has 0 N–H and O–H groups in total. The second kappa shape index (κ2) is 4.49. The third kappa shape index (κ3) is 2.22. The zero-order valence-corrected chi connectivity index (χ0v) is 10.7. The van der Waals surface area contributed by atoms with Crippen molar-refractivity contribution in [3.05, 3.63) is 53.6 Å². The Morgan fingerprint density at radius 3 is 2.70 bits per heavy atom. The topological polar surface area (TPSA) is 30.2 Å². The van der Waals surface area contributed by atoms with Crippen molar-refractivity contribution in [1.82, 2.24) is 14.4 Å². The normalized spacial score (nSPS) is 12.0. The molecule has 0 aliphatic rings. The van der Waals surface area contributed by atoms with Gasteiger partial charge in [-0.3, -0.25) is 0 Å². The van der Waals surface area contributed by atoms with Gasteiger partial charge < -0.3 is 4.40 Å². The van der Waals surface area contributed by atoms with Crippen LogP contribution in [0.4, 0.5) is 13.2 Å². The lowest BCUT2D eigenvalue weighted by atomic mass is 10.1. The first-order chi connectivity index (χ1) is 9.45. The number of hydrogen-bond donors (Lipinski definition) is 0. The molecule has 0 bridgehead atoms. The lowest BCUT2D eigenvalue weighted by Gasteiger charge is -2.07. The summed E-state index contributed by atoms with van der Waals surface area (Å²) in [6.07, 6.45) is 0.352. The van der Waals surface area contributed by atoms with E-state index >= 15 is 0 Å². The van der Waals surface area contributed by atoms with E-state index in [9.17, 15) is 13.2 Å². The number of imidazole rings is 1. The molecule has 2 aromatic heterocycles. The van der Waals surface area contributed by atoms with Gasteiger partial charge in [0.15, 0.2) is 10.8 Å². The molecule has 0 amide bonds. The minimum absolute atomic E-state index is 0.200. The zero-order valence-electron chi connectivity index (χ0n) is 9.89. The smallest absolute Gasteiger partial charge is 0.302 e. The first-order valence-corrected chi connectivity index (χ1v) is 6.00. The van der Waals surface area contributed by atoms with Crippen LogP contribution in [0.15, 0.2) is 42.9 Å². The number of aromatic nitrogens is 3. The Hall–Kier alpha value is -2.08. The number of halogens is 4.